The number of hydrogen-bond acceptors (Lipinski definition) is 6. The summed E-state index contributed by atoms with van der Waals surface area (Å²) >= 11 is 0. The van der Waals surface area contributed by atoms with Crippen LogP contribution in [-0.4, -0.2) is 47.1 Å². The third kappa shape index (κ3) is 3.11. The Morgan fingerprint density at radius 3 is 2.83 bits per heavy atom. The number of carbonyl (C=O) groups excluding carboxylic acids is 1. The summed E-state index contributed by atoms with van der Waals surface area (Å²) in [6.07, 6.45) is 4.68. The van der Waals surface area contributed by atoms with Crippen molar-refractivity contribution in [1.29, 1.82) is 0 Å². The lowest BCUT2D eigenvalue weighted by Gasteiger charge is -2.26. The SMILES string of the molecule is CN1C=CN(COC(=O)c2ccc3ccccc3c2)C1/C=N\O. The van der Waals surface area contributed by atoms with E-state index in [0.29, 0.717) is 5.56 Å². The van der Waals surface area contributed by atoms with Crippen molar-refractivity contribution in [3.63, 3.8) is 0 Å². The summed E-state index contributed by atoms with van der Waals surface area (Å²) in [5, 5.41) is 13.8. The number of benzene rings is 2. The number of oxime groups is 1. The topological polar surface area (TPSA) is 65.4 Å². The first kappa shape index (κ1) is 14.9. The van der Waals surface area contributed by atoms with Gasteiger partial charge in [0.2, 0.25) is 0 Å². The smallest absolute Gasteiger partial charge is 0.339 e. The second-order valence-corrected chi connectivity index (χ2v) is 5.28. The number of esters is 1. The standard InChI is InChI=1S/C17H17N3O3/c1-19-8-9-20(16(19)11-18-22)12-23-17(21)15-7-6-13-4-2-3-5-14(13)10-15/h2-11,16,22H,12H2,1H3/b18-11-. The van der Waals surface area contributed by atoms with E-state index in [1.807, 2.05) is 54.5 Å². The number of hydrogen-bond donors (Lipinski definition) is 1. The summed E-state index contributed by atoms with van der Waals surface area (Å²) in [6, 6.07) is 13.3. The molecule has 1 heterocycles. The van der Waals surface area contributed by atoms with Gasteiger partial charge in [0, 0.05) is 19.4 Å². The monoisotopic (exact) mass is 311 g/mol. The highest BCUT2D eigenvalue weighted by Gasteiger charge is 2.23. The zero-order valence-corrected chi connectivity index (χ0v) is 12.7. The van der Waals surface area contributed by atoms with Gasteiger partial charge in [0.25, 0.3) is 0 Å². The van der Waals surface area contributed by atoms with Gasteiger partial charge in [-0.3, -0.25) is 0 Å². The van der Waals surface area contributed by atoms with Crippen LogP contribution in [0.5, 0.6) is 0 Å². The molecule has 23 heavy (non-hydrogen) atoms. The molecule has 1 aliphatic heterocycles. The second-order valence-electron chi connectivity index (χ2n) is 5.28. The third-order valence-corrected chi connectivity index (χ3v) is 3.78. The molecule has 0 radical (unpaired) electrons. The van der Waals surface area contributed by atoms with Crippen LogP contribution in [0, 0.1) is 0 Å². The van der Waals surface area contributed by atoms with E-state index in [1.165, 1.54) is 6.21 Å². The van der Waals surface area contributed by atoms with E-state index in [1.54, 1.807) is 17.2 Å². The van der Waals surface area contributed by atoms with E-state index in [0.717, 1.165) is 10.8 Å². The van der Waals surface area contributed by atoms with Gasteiger partial charge in [-0.2, -0.15) is 0 Å². The van der Waals surface area contributed by atoms with Gasteiger partial charge >= 0.3 is 5.97 Å². The van der Waals surface area contributed by atoms with Gasteiger partial charge in [0.05, 0.1) is 11.8 Å². The molecule has 0 aliphatic carbocycles. The highest BCUT2D eigenvalue weighted by Crippen LogP contribution is 2.17. The van der Waals surface area contributed by atoms with Crippen LogP contribution in [0.4, 0.5) is 0 Å². The minimum Gasteiger partial charge on any atom is -0.441 e. The molecule has 118 valence electrons. The molecule has 1 unspecified atom stereocenters. The summed E-state index contributed by atoms with van der Waals surface area (Å²) in [4.78, 5) is 15.8. The van der Waals surface area contributed by atoms with Crippen LogP contribution in [0.1, 0.15) is 10.4 Å². The molecule has 0 saturated heterocycles. The van der Waals surface area contributed by atoms with E-state index in [2.05, 4.69) is 5.16 Å². The van der Waals surface area contributed by atoms with E-state index in [-0.39, 0.29) is 12.9 Å². The molecule has 0 aromatic heterocycles. The van der Waals surface area contributed by atoms with Crippen molar-refractivity contribution in [2.24, 2.45) is 5.16 Å². The van der Waals surface area contributed by atoms with Crippen molar-refractivity contribution >= 4 is 23.0 Å². The van der Waals surface area contributed by atoms with Crippen molar-refractivity contribution < 1.29 is 14.7 Å². The Morgan fingerprint density at radius 2 is 2.04 bits per heavy atom. The zero-order chi connectivity index (χ0) is 16.2. The lowest BCUT2D eigenvalue weighted by atomic mass is 10.1. The maximum Gasteiger partial charge on any atom is 0.339 e. The van der Waals surface area contributed by atoms with Crippen LogP contribution in [0.2, 0.25) is 0 Å². The van der Waals surface area contributed by atoms with Gasteiger partial charge in [0.15, 0.2) is 6.73 Å². The summed E-state index contributed by atoms with van der Waals surface area (Å²) in [6.45, 7) is 0.0726. The Labute approximate surface area is 133 Å². The molecule has 2 aromatic carbocycles. The molecular weight excluding hydrogens is 294 g/mol. The van der Waals surface area contributed by atoms with Crippen LogP contribution in [0.25, 0.3) is 10.8 Å². The second kappa shape index (κ2) is 6.39. The summed E-state index contributed by atoms with van der Waals surface area (Å²) < 4.78 is 5.35. The van der Waals surface area contributed by atoms with Crippen molar-refractivity contribution in [3.8, 4) is 0 Å². The predicted molar refractivity (Wildman–Crippen MR) is 87.0 cm³/mol. The van der Waals surface area contributed by atoms with Gasteiger partial charge in [-0.05, 0) is 22.9 Å². The fraction of sp³-hybridized carbons (Fsp3) is 0.176. The maximum absolute atomic E-state index is 12.2. The number of fused-ring (bicyclic) bond motifs is 1. The molecule has 3 rings (SSSR count). The Kier molecular flexibility index (Phi) is 4.14. The normalized spacial score (nSPS) is 17.3. The molecule has 0 fully saturated rings. The molecule has 6 nitrogen and oxygen atoms in total. The first-order valence-corrected chi connectivity index (χ1v) is 7.18. The Hall–Kier alpha value is -3.02. The molecule has 0 bridgehead atoms. The van der Waals surface area contributed by atoms with Crippen molar-refractivity contribution in [1.82, 2.24) is 9.80 Å². The molecule has 0 saturated carbocycles. The highest BCUT2D eigenvalue weighted by atomic mass is 16.5. The maximum atomic E-state index is 12.2. The molecule has 1 atom stereocenters. The van der Waals surface area contributed by atoms with E-state index < -0.39 is 5.97 Å². The van der Waals surface area contributed by atoms with Crippen LogP contribution in [-0.2, 0) is 4.74 Å². The minimum absolute atomic E-state index is 0.0726. The molecule has 0 amide bonds. The average molecular weight is 311 g/mol. The van der Waals surface area contributed by atoms with Crippen LogP contribution in [0.3, 0.4) is 0 Å². The summed E-state index contributed by atoms with van der Waals surface area (Å²) in [7, 11) is 1.84. The number of ether oxygens (including phenoxy) is 1. The van der Waals surface area contributed by atoms with Crippen LogP contribution in [0.15, 0.2) is 60.0 Å². The average Bonchev–Trinajstić information content (AvgIpc) is 2.93. The first-order chi connectivity index (χ1) is 11.2. The van der Waals surface area contributed by atoms with Gasteiger partial charge in [0.1, 0.15) is 6.17 Å². The fourth-order valence-corrected chi connectivity index (χ4v) is 2.50. The van der Waals surface area contributed by atoms with Gasteiger partial charge < -0.3 is 19.7 Å². The third-order valence-electron chi connectivity index (χ3n) is 3.78. The molecule has 1 N–H and O–H groups in total. The van der Waals surface area contributed by atoms with E-state index in [9.17, 15) is 4.79 Å². The minimum atomic E-state index is -0.390. The highest BCUT2D eigenvalue weighted by molar-refractivity contribution is 5.95. The van der Waals surface area contributed by atoms with Crippen molar-refractivity contribution in [3.05, 3.63) is 60.4 Å². The van der Waals surface area contributed by atoms with Crippen molar-refractivity contribution in [2.75, 3.05) is 13.8 Å². The first-order valence-electron chi connectivity index (χ1n) is 7.18. The van der Waals surface area contributed by atoms with Gasteiger partial charge in [-0.25, -0.2) is 4.79 Å². The largest absolute Gasteiger partial charge is 0.441 e. The molecule has 1 aliphatic rings. The quantitative estimate of drug-likeness (QED) is 0.407. The van der Waals surface area contributed by atoms with Crippen LogP contribution < -0.4 is 0 Å². The zero-order valence-electron chi connectivity index (χ0n) is 12.7. The molecule has 2 aromatic rings. The Balaban J connectivity index is 1.67. The van der Waals surface area contributed by atoms with Crippen molar-refractivity contribution in [2.45, 2.75) is 6.17 Å². The lowest BCUT2D eigenvalue weighted by molar-refractivity contribution is 0.0243. The molecular formula is C17H17N3O3. The fourth-order valence-electron chi connectivity index (χ4n) is 2.50. The van der Waals surface area contributed by atoms with Gasteiger partial charge in [-0.15, -0.1) is 0 Å². The Bertz CT molecular complexity index is 773. The number of rotatable bonds is 4. The van der Waals surface area contributed by atoms with Gasteiger partial charge in [-0.1, -0.05) is 35.5 Å². The summed E-state index contributed by atoms with van der Waals surface area (Å²) in [5.74, 6) is -0.390. The lowest BCUT2D eigenvalue weighted by Crippen LogP contribution is -2.39. The van der Waals surface area contributed by atoms with Crippen LogP contribution >= 0.6 is 0 Å². The van der Waals surface area contributed by atoms with E-state index in [4.69, 9.17) is 9.94 Å². The molecule has 0 spiro atoms. The Morgan fingerprint density at radius 1 is 1.26 bits per heavy atom. The van der Waals surface area contributed by atoms with E-state index >= 15 is 0 Å². The molecule has 6 heteroatoms. The summed E-state index contributed by atoms with van der Waals surface area (Å²) in [5.41, 5.74) is 0.507. The number of nitrogens with zero attached hydrogens (tertiary/aromatic N) is 3. The predicted octanol–water partition coefficient (Wildman–Crippen LogP) is 2.46. The number of carbonyl (C=O) groups is 1.